The Kier molecular flexibility index (Phi) is 5.83. The van der Waals surface area contributed by atoms with Crippen LogP contribution in [0.25, 0.3) is 0 Å². The molecule has 1 atom stereocenters. The van der Waals surface area contributed by atoms with Crippen LogP contribution >= 0.6 is 23.4 Å². The normalized spacial score (nSPS) is 13.6. The number of thioether (sulfide) groups is 1. The Morgan fingerprint density at radius 1 is 1.35 bits per heavy atom. The van der Waals surface area contributed by atoms with Gasteiger partial charge in [0.25, 0.3) is 0 Å². The second-order valence-electron chi connectivity index (χ2n) is 3.76. The fraction of sp³-hybridized carbons (Fsp3) is 0.500. The van der Waals surface area contributed by atoms with Gasteiger partial charge in [-0.25, -0.2) is 8.42 Å². The highest BCUT2D eigenvalue weighted by Gasteiger charge is 2.17. The van der Waals surface area contributed by atoms with E-state index in [0.717, 1.165) is 11.3 Å². The standard InChI is InChI=1S/C12H17ClO2S2/c1-3-17(14,15)12-7-5-4-6-11(12)16-10(2)8-9-13/h4-7,10H,3,8-9H2,1-2H3. The topological polar surface area (TPSA) is 34.1 Å². The van der Waals surface area contributed by atoms with E-state index >= 15 is 0 Å². The molecule has 2 nitrogen and oxygen atoms in total. The van der Waals surface area contributed by atoms with Crippen LogP contribution in [0.1, 0.15) is 20.3 Å². The third kappa shape index (κ3) is 4.19. The first kappa shape index (κ1) is 14.9. The number of alkyl halides is 1. The van der Waals surface area contributed by atoms with Crippen molar-refractivity contribution in [1.29, 1.82) is 0 Å². The molecule has 0 N–H and O–H groups in total. The molecule has 0 bridgehead atoms. The minimum absolute atomic E-state index is 0.133. The summed E-state index contributed by atoms with van der Waals surface area (Å²) >= 11 is 7.26. The van der Waals surface area contributed by atoms with E-state index < -0.39 is 9.84 Å². The first-order chi connectivity index (χ1) is 8.01. The minimum atomic E-state index is -3.14. The highest BCUT2D eigenvalue weighted by atomic mass is 35.5. The summed E-state index contributed by atoms with van der Waals surface area (Å²) < 4.78 is 23.8. The number of hydrogen-bond acceptors (Lipinski definition) is 3. The van der Waals surface area contributed by atoms with Crippen LogP contribution in [0, 0.1) is 0 Å². The molecule has 0 heterocycles. The van der Waals surface area contributed by atoms with Gasteiger partial charge in [0, 0.05) is 16.0 Å². The van der Waals surface area contributed by atoms with Crippen LogP contribution in [0.2, 0.25) is 0 Å². The van der Waals surface area contributed by atoms with Crippen LogP contribution in [0.4, 0.5) is 0 Å². The summed E-state index contributed by atoms with van der Waals surface area (Å²) in [5.41, 5.74) is 0. The summed E-state index contributed by atoms with van der Waals surface area (Å²) in [6.07, 6.45) is 0.868. The summed E-state index contributed by atoms with van der Waals surface area (Å²) in [6, 6.07) is 7.16. The zero-order chi connectivity index (χ0) is 12.9. The zero-order valence-corrected chi connectivity index (χ0v) is 12.4. The second-order valence-corrected chi connectivity index (χ2v) is 7.86. The summed E-state index contributed by atoms with van der Waals surface area (Å²) in [5, 5.41) is 0.320. The van der Waals surface area contributed by atoms with Crippen LogP contribution in [0.3, 0.4) is 0 Å². The van der Waals surface area contributed by atoms with Gasteiger partial charge in [-0.3, -0.25) is 0 Å². The van der Waals surface area contributed by atoms with Crippen LogP contribution in [0.15, 0.2) is 34.1 Å². The van der Waals surface area contributed by atoms with Gasteiger partial charge >= 0.3 is 0 Å². The van der Waals surface area contributed by atoms with Crippen molar-refractivity contribution in [2.24, 2.45) is 0 Å². The highest BCUT2D eigenvalue weighted by molar-refractivity contribution is 8.00. The third-order valence-electron chi connectivity index (χ3n) is 2.41. The molecule has 0 aliphatic carbocycles. The molecule has 1 rings (SSSR count). The second kappa shape index (κ2) is 6.66. The van der Waals surface area contributed by atoms with Gasteiger partial charge in [-0.1, -0.05) is 26.0 Å². The average molecular weight is 293 g/mol. The van der Waals surface area contributed by atoms with Crippen molar-refractivity contribution in [3.63, 3.8) is 0 Å². The summed E-state index contributed by atoms with van der Waals surface area (Å²) in [5.74, 6) is 0.728. The summed E-state index contributed by atoms with van der Waals surface area (Å²) in [4.78, 5) is 1.26. The Labute approximate surface area is 113 Å². The largest absolute Gasteiger partial charge is 0.224 e. The average Bonchev–Trinajstić information content (AvgIpc) is 2.30. The lowest BCUT2D eigenvalue weighted by molar-refractivity contribution is 0.595. The van der Waals surface area contributed by atoms with Crippen LogP contribution in [-0.4, -0.2) is 25.3 Å². The lowest BCUT2D eigenvalue weighted by Crippen LogP contribution is -2.06. The Balaban J connectivity index is 3.01. The van der Waals surface area contributed by atoms with E-state index in [4.69, 9.17) is 11.6 Å². The maximum atomic E-state index is 11.9. The number of halogens is 1. The highest BCUT2D eigenvalue weighted by Crippen LogP contribution is 2.31. The molecule has 1 aromatic carbocycles. The molecule has 0 aromatic heterocycles. The quantitative estimate of drug-likeness (QED) is 0.593. The SMILES string of the molecule is CCS(=O)(=O)c1ccccc1SC(C)CCCl. The molecule has 1 unspecified atom stereocenters. The first-order valence-electron chi connectivity index (χ1n) is 5.55. The summed E-state index contributed by atoms with van der Waals surface area (Å²) in [6.45, 7) is 3.72. The Morgan fingerprint density at radius 3 is 2.59 bits per heavy atom. The van der Waals surface area contributed by atoms with E-state index in [1.165, 1.54) is 0 Å². The van der Waals surface area contributed by atoms with Gasteiger partial charge in [-0.2, -0.15) is 0 Å². The minimum Gasteiger partial charge on any atom is -0.224 e. The Bertz CT molecular complexity index is 457. The molecule has 0 aliphatic rings. The zero-order valence-electron chi connectivity index (χ0n) is 10.0. The Hall–Kier alpha value is -0.190. The van der Waals surface area contributed by atoms with Crippen molar-refractivity contribution in [1.82, 2.24) is 0 Å². The van der Waals surface area contributed by atoms with Crippen molar-refractivity contribution in [2.75, 3.05) is 11.6 Å². The number of rotatable bonds is 6. The molecule has 0 aliphatic heterocycles. The lowest BCUT2D eigenvalue weighted by atomic mass is 10.4. The first-order valence-corrected chi connectivity index (χ1v) is 8.62. The number of sulfone groups is 1. The molecular weight excluding hydrogens is 276 g/mol. The fourth-order valence-electron chi connectivity index (χ4n) is 1.39. The van der Waals surface area contributed by atoms with Crippen LogP contribution in [-0.2, 0) is 9.84 Å². The van der Waals surface area contributed by atoms with Crippen LogP contribution < -0.4 is 0 Å². The molecule has 0 fully saturated rings. The van der Waals surface area contributed by atoms with Gasteiger partial charge in [0.1, 0.15) is 0 Å². The van der Waals surface area contributed by atoms with Gasteiger partial charge in [0.2, 0.25) is 0 Å². The predicted octanol–water partition coefficient (Wildman–Crippen LogP) is 3.59. The smallest absolute Gasteiger partial charge is 0.179 e. The molecule has 0 radical (unpaired) electrons. The van der Waals surface area contributed by atoms with Gasteiger partial charge in [0.05, 0.1) is 10.6 Å². The van der Waals surface area contributed by atoms with E-state index in [9.17, 15) is 8.42 Å². The number of hydrogen-bond donors (Lipinski definition) is 0. The van der Waals surface area contributed by atoms with E-state index in [1.54, 1.807) is 30.8 Å². The summed E-state index contributed by atoms with van der Waals surface area (Å²) in [7, 11) is -3.14. The molecule has 0 amide bonds. The third-order valence-corrected chi connectivity index (χ3v) is 5.79. The maximum Gasteiger partial charge on any atom is 0.179 e. The fourth-order valence-corrected chi connectivity index (χ4v) is 4.35. The molecule has 1 aromatic rings. The van der Waals surface area contributed by atoms with Gasteiger partial charge in [-0.05, 0) is 18.6 Å². The van der Waals surface area contributed by atoms with Crippen molar-refractivity contribution in [2.45, 2.75) is 35.3 Å². The molecule has 96 valence electrons. The molecular formula is C12H17ClO2S2. The Morgan fingerprint density at radius 2 is 2.00 bits per heavy atom. The number of benzene rings is 1. The molecule has 0 spiro atoms. The molecule has 0 saturated heterocycles. The van der Waals surface area contributed by atoms with Gasteiger partial charge in [-0.15, -0.1) is 23.4 Å². The van der Waals surface area contributed by atoms with E-state index in [-0.39, 0.29) is 5.75 Å². The van der Waals surface area contributed by atoms with Crippen molar-refractivity contribution in [3.05, 3.63) is 24.3 Å². The molecule has 5 heteroatoms. The van der Waals surface area contributed by atoms with Gasteiger partial charge in [0.15, 0.2) is 9.84 Å². The van der Waals surface area contributed by atoms with Crippen LogP contribution in [0.5, 0.6) is 0 Å². The molecule has 17 heavy (non-hydrogen) atoms. The lowest BCUT2D eigenvalue weighted by Gasteiger charge is -2.13. The van der Waals surface area contributed by atoms with E-state index in [1.807, 2.05) is 12.1 Å². The van der Waals surface area contributed by atoms with Crippen molar-refractivity contribution < 1.29 is 8.42 Å². The van der Waals surface area contributed by atoms with Crippen molar-refractivity contribution in [3.8, 4) is 0 Å². The van der Waals surface area contributed by atoms with E-state index in [2.05, 4.69) is 6.92 Å². The predicted molar refractivity (Wildman–Crippen MR) is 74.8 cm³/mol. The van der Waals surface area contributed by atoms with Gasteiger partial charge < -0.3 is 0 Å². The molecule has 0 saturated carbocycles. The van der Waals surface area contributed by atoms with Crippen molar-refractivity contribution >= 4 is 33.2 Å². The maximum absolute atomic E-state index is 11.9. The van der Waals surface area contributed by atoms with E-state index in [0.29, 0.717) is 16.0 Å². The monoisotopic (exact) mass is 292 g/mol.